The smallest absolute Gasteiger partial charge is 0.270 e. The zero-order chi connectivity index (χ0) is 12.7. The van der Waals surface area contributed by atoms with E-state index in [0.29, 0.717) is 18.1 Å². The minimum Gasteiger partial charge on any atom is -0.383 e. The van der Waals surface area contributed by atoms with Gasteiger partial charge in [0.25, 0.3) is 5.91 Å². The number of aromatic nitrogens is 1. The van der Waals surface area contributed by atoms with E-state index in [1.807, 2.05) is 19.9 Å². The van der Waals surface area contributed by atoms with Crippen molar-refractivity contribution in [2.24, 2.45) is 0 Å². The Bertz CT molecular complexity index is 369. The Labute approximate surface area is 102 Å². The van der Waals surface area contributed by atoms with Gasteiger partial charge in [-0.1, -0.05) is 6.07 Å². The number of nitrogens with one attached hydrogen (secondary N) is 2. The summed E-state index contributed by atoms with van der Waals surface area (Å²) in [6, 6.07) is 5.30. The topological polar surface area (TPSA) is 63.2 Å². The molecular weight excluding hydrogens is 218 g/mol. The van der Waals surface area contributed by atoms with Gasteiger partial charge >= 0.3 is 0 Å². The largest absolute Gasteiger partial charge is 0.383 e. The molecule has 0 saturated carbocycles. The van der Waals surface area contributed by atoms with Gasteiger partial charge in [-0.15, -0.1) is 0 Å². The summed E-state index contributed by atoms with van der Waals surface area (Å²) < 4.78 is 4.96. The van der Waals surface area contributed by atoms with Gasteiger partial charge in [0.05, 0.1) is 6.61 Å². The highest BCUT2D eigenvalue weighted by molar-refractivity contribution is 5.92. The lowest BCUT2D eigenvalue weighted by Gasteiger charge is -2.12. The monoisotopic (exact) mass is 237 g/mol. The third-order valence-corrected chi connectivity index (χ3v) is 2.13. The van der Waals surface area contributed by atoms with Crippen LogP contribution in [0.5, 0.6) is 0 Å². The Kier molecular flexibility index (Phi) is 5.42. The van der Waals surface area contributed by atoms with Crippen molar-refractivity contribution in [3.8, 4) is 0 Å². The van der Waals surface area contributed by atoms with Crippen molar-refractivity contribution >= 4 is 11.7 Å². The number of amides is 1. The molecule has 0 bridgehead atoms. The molecule has 0 aliphatic rings. The molecule has 0 fully saturated rings. The van der Waals surface area contributed by atoms with E-state index in [0.717, 1.165) is 6.54 Å². The van der Waals surface area contributed by atoms with E-state index < -0.39 is 0 Å². The molecule has 0 aromatic carbocycles. The number of carbonyl (C=O) groups is 1. The van der Waals surface area contributed by atoms with E-state index in [9.17, 15) is 4.79 Å². The first-order valence-electron chi connectivity index (χ1n) is 5.68. The summed E-state index contributed by atoms with van der Waals surface area (Å²) in [5, 5.41) is 5.88. The third kappa shape index (κ3) is 4.40. The summed E-state index contributed by atoms with van der Waals surface area (Å²) in [4.78, 5) is 16.0. The van der Waals surface area contributed by atoms with Crippen LogP contribution >= 0.6 is 0 Å². The molecule has 5 nitrogen and oxygen atoms in total. The quantitative estimate of drug-likeness (QED) is 0.782. The van der Waals surface area contributed by atoms with Crippen LogP contribution in [0.3, 0.4) is 0 Å². The van der Waals surface area contributed by atoms with E-state index in [4.69, 9.17) is 4.74 Å². The summed E-state index contributed by atoms with van der Waals surface area (Å²) in [7, 11) is 1.60. The Morgan fingerprint density at radius 1 is 1.53 bits per heavy atom. The molecule has 5 heteroatoms. The van der Waals surface area contributed by atoms with Gasteiger partial charge in [-0.05, 0) is 26.0 Å². The van der Waals surface area contributed by atoms with Crippen LogP contribution in [0.2, 0.25) is 0 Å². The second kappa shape index (κ2) is 6.85. The molecular formula is C12H19N3O2. The molecule has 1 atom stereocenters. The van der Waals surface area contributed by atoms with Crippen molar-refractivity contribution in [2.75, 3.05) is 25.6 Å². The highest BCUT2D eigenvalue weighted by Gasteiger charge is 2.10. The average molecular weight is 237 g/mol. The minimum atomic E-state index is -0.186. The van der Waals surface area contributed by atoms with Crippen LogP contribution in [0.4, 0.5) is 5.82 Å². The van der Waals surface area contributed by atoms with Gasteiger partial charge in [-0.2, -0.15) is 0 Å². The van der Waals surface area contributed by atoms with Crippen LogP contribution in [-0.2, 0) is 4.74 Å². The molecule has 2 N–H and O–H groups in total. The average Bonchev–Trinajstić information content (AvgIpc) is 2.30. The number of anilines is 1. The second-order valence-electron chi connectivity index (χ2n) is 3.77. The van der Waals surface area contributed by atoms with Crippen molar-refractivity contribution in [3.63, 3.8) is 0 Å². The third-order valence-electron chi connectivity index (χ3n) is 2.13. The van der Waals surface area contributed by atoms with Crippen LogP contribution in [0, 0.1) is 0 Å². The lowest BCUT2D eigenvalue weighted by Crippen LogP contribution is -2.36. The van der Waals surface area contributed by atoms with Crippen molar-refractivity contribution < 1.29 is 9.53 Å². The minimum absolute atomic E-state index is 0.0305. The molecule has 0 spiro atoms. The molecule has 1 amide bonds. The molecule has 1 aromatic heterocycles. The number of hydrogen-bond acceptors (Lipinski definition) is 4. The SMILES string of the molecule is CCNc1cccc(C(=O)NC(C)COC)n1. The summed E-state index contributed by atoms with van der Waals surface area (Å²) in [6.07, 6.45) is 0. The number of ether oxygens (including phenoxy) is 1. The second-order valence-corrected chi connectivity index (χ2v) is 3.77. The Hall–Kier alpha value is -1.62. The number of rotatable bonds is 6. The number of pyridine rings is 1. The number of nitrogens with zero attached hydrogens (tertiary/aromatic N) is 1. The Balaban J connectivity index is 2.65. The predicted octanol–water partition coefficient (Wildman–Crippen LogP) is 1.28. The zero-order valence-corrected chi connectivity index (χ0v) is 10.5. The molecule has 1 aromatic rings. The molecule has 0 radical (unpaired) electrons. The van der Waals surface area contributed by atoms with Crippen molar-refractivity contribution in [1.82, 2.24) is 10.3 Å². The molecule has 17 heavy (non-hydrogen) atoms. The first-order valence-corrected chi connectivity index (χ1v) is 5.68. The molecule has 0 aliphatic carbocycles. The van der Waals surface area contributed by atoms with E-state index in [-0.39, 0.29) is 11.9 Å². The lowest BCUT2D eigenvalue weighted by molar-refractivity contribution is 0.0900. The van der Waals surface area contributed by atoms with Gasteiger partial charge in [-0.25, -0.2) is 4.98 Å². The summed E-state index contributed by atoms with van der Waals surface area (Å²) in [6.45, 7) is 5.13. The van der Waals surface area contributed by atoms with Gasteiger partial charge in [-0.3, -0.25) is 4.79 Å². The first kappa shape index (κ1) is 13.4. The summed E-state index contributed by atoms with van der Waals surface area (Å²) >= 11 is 0. The van der Waals surface area contributed by atoms with Gasteiger partial charge in [0, 0.05) is 19.7 Å². The zero-order valence-electron chi connectivity index (χ0n) is 10.5. The van der Waals surface area contributed by atoms with Gasteiger partial charge in [0.15, 0.2) is 0 Å². The molecule has 1 heterocycles. The van der Waals surface area contributed by atoms with E-state index >= 15 is 0 Å². The highest BCUT2D eigenvalue weighted by Crippen LogP contribution is 2.04. The van der Waals surface area contributed by atoms with Crippen molar-refractivity contribution in [2.45, 2.75) is 19.9 Å². The lowest BCUT2D eigenvalue weighted by atomic mass is 10.3. The van der Waals surface area contributed by atoms with E-state index in [1.54, 1.807) is 19.2 Å². The maximum atomic E-state index is 11.8. The van der Waals surface area contributed by atoms with Crippen LogP contribution < -0.4 is 10.6 Å². The van der Waals surface area contributed by atoms with Crippen molar-refractivity contribution in [1.29, 1.82) is 0 Å². The first-order chi connectivity index (χ1) is 8.17. The highest BCUT2D eigenvalue weighted by atomic mass is 16.5. The summed E-state index contributed by atoms with van der Waals surface area (Å²) in [5.41, 5.74) is 0.409. The van der Waals surface area contributed by atoms with Gasteiger partial charge in [0.2, 0.25) is 0 Å². The molecule has 1 rings (SSSR count). The molecule has 0 saturated heterocycles. The van der Waals surface area contributed by atoms with Gasteiger partial charge < -0.3 is 15.4 Å². The standard InChI is InChI=1S/C12H19N3O2/c1-4-13-11-7-5-6-10(15-11)12(16)14-9(2)8-17-3/h5-7,9H,4,8H2,1-3H3,(H,13,15)(H,14,16). The van der Waals surface area contributed by atoms with E-state index in [2.05, 4.69) is 15.6 Å². The normalized spacial score (nSPS) is 11.9. The molecule has 94 valence electrons. The fourth-order valence-corrected chi connectivity index (χ4v) is 1.43. The van der Waals surface area contributed by atoms with Crippen LogP contribution in [0.1, 0.15) is 24.3 Å². The molecule has 1 unspecified atom stereocenters. The van der Waals surface area contributed by atoms with Crippen molar-refractivity contribution in [3.05, 3.63) is 23.9 Å². The van der Waals surface area contributed by atoms with E-state index in [1.165, 1.54) is 0 Å². The number of methoxy groups -OCH3 is 1. The van der Waals surface area contributed by atoms with Gasteiger partial charge in [0.1, 0.15) is 11.5 Å². The van der Waals surface area contributed by atoms with Crippen LogP contribution in [-0.4, -0.2) is 37.2 Å². The Morgan fingerprint density at radius 2 is 2.29 bits per heavy atom. The maximum Gasteiger partial charge on any atom is 0.270 e. The fraction of sp³-hybridized carbons (Fsp3) is 0.500. The Morgan fingerprint density at radius 3 is 2.94 bits per heavy atom. The number of hydrogen-bond donors (Lipinski definition) is 2. The van der Waals surface area contributed by atoms with Crippen LogP contribution in [0.15, 0.2) is 18.2 Å². The number of carbonyl (C=O) groups excluding carboxylic acids is 1. The fourth-order valence-electron chi connectivity index (χ4n) is 1.43. The molecule has 0 aliphatic heterocycles. The predicted molar refractivity (Wildman–Crippen MR) is 67.2 cm³/mol. The maximum absolute atomic E-state index is 11.8. The van der Waals surface area contributed by atoms with Crippen LogP contribution in [0.25, 0.3) is 0 Å². The summed E-state index contributed by atoms with van der Waals surface area (Å²) in [5.74, 6) is 0.522.